The summed E-state index contributed by atoms with van der Waals surface area (Å²) in [6.45, 7) is 4.28. The van der Waals surface area contributed by atoms with Gasteiger partial charge in [-0.25, -0.2) is 0 Å². The van der Waals surface area contributed by atoms with Crippen LogP contribution in [0.3, 0.4) is 0 Å². The summed E-state index contributed by atoms with van der Waals surface area (Å²) in [4.78, 5) is 10.3. The molecule has 0 aliphatic carbocycles. The van der Waals surface area contributed by atoms with Crippen molar-refractivity contribution in [2.45, 2.75) is 20.3 Å². The summed E-state index contributed by atoms with van der Waals surface area (Å²) < 4.78 is 5.29. The molecule has 0 aromatic heterocycles. The second-order valence-electron chi connectivity index (χ2n) is 4.73. The van der Waals surface area contributed by atoms with Gasteiger partial charge in [0.05, 0.1) is 0 Å². The molecular weight excluding hydrogens is 236 g/mol. The van der Waals surface area contributed by atoms with Gasteiger partial charge in [0, 0.05) is 0 Å². The van der Waals surface area contributed by atoms with E-state index in [0.717, 1.165) is 18.5 Å². The summed E-state index contributed by atoms with van der Waals surface area (Å²) in [5.74, 6) is 0.748. The number of ether oxygens (including phenoxy) is 1. The lowest BCUT2D eigenvalue weighted by atomic mass is 9.99. The Morgan fingerprint density at radius 2 is 1.95 bits per heavy atom. The minimum absolute atomic E-state index is 0.108. The first kappa shape index (κ1) is 13.3. The van der Waals surface area contributed by atoms with Gasteiger partial charge in [-0.3, -0.25) is 4.79 Å². The van der Waals surface area contributed by atoms with Crippen molar-refractivity contribution in [3.8, 4) is 5.75 Å². The summed E-state index contributed by atoms with van der Waals surface area (Å²) in [5, 5.41) is 0. The molecule has 0 heterocycles. The van der Waals surface area contributed by atoms with Crippen LogP contribution in [-0.2, 0) is 11.2 Å². The molecule has 0 atom stereocenters. The molecule has 0 aliphatic heterocycles. The molecular formula is C17H18O2. The molecule has 0 saturated heterocycles. The van der Waals surface area contributed by atoms with Crippen molar-refractivity contribution in [2.24, 2.45) is 0 Å². The lowest BCUT2D eigenvalue weighted by molar-refractivity contribution is -0.109. The van der Waals surface area contributed by atoms with Crippen molar-refractivity contribution in [1.82, 2.24) is 0 Å². The molecule has 2 aromatic carbocycles. The van der Waals surface area contributed by atoms with Crippen LogP contribution >= 0.6 is 0 Å². The second-order valence-corrected chi connectivity index (χ2v) is 4.73. The first-order valence-corrected chi connectivity index (χ1v) is 6.40. The fraction of sp³-hybridized carbons (Fsp3) is 0.235. The zero-order valence-corrected chi connectivity index (χ0v) is 11.3. The van der Waals surface area contributed by atoms with Crippen molar-refractivity contribution >= 4 is 6.29 Å². The number of aryl methyl sites for hydroxylation is 2. The standard InChI is InChI=1S/C17H18O2/c1-13-4-3-5-15(10-13)12-16-6-7-17(11-14(16)2)19-9-8-18/h3-8,10-11H,9,12H2,1-2H3. The third-order valence-electron chi connectivity index (χ3n) is 3.11. The minimum Gasteiger partial charge on any atom is -0.486 e. The molecule has 0 amide bonds. The van der Waals surface area contributed by atoms with Gasteiger partial charge in [-0.1, -0.05) is 35.9 Å². The predicted molar refractivity (Wildman–Crippen MR) is 76.7 cm³/mol. The van der Waals surface area contributed by atoms with Crippen molar-refractivity contribution in [1.29, 1.82) is 0 Å². The molecule has 0 spiro atoms. The molecule has 0 fully saturated rings. The summed E-state index contributed by atoms with van der Waals surface area (Å²) in [6.07, 6.45) is 1.68. The van der Waals surface area contributed by atoms with Crippen LogP contribution in [-0.4, -0.2) is 12.9 Å². The Hall–Kier alpha value is -2.09. The highest BCUT2D eigenvalue weighted by atomic mass is 16.5. The largest absolute Gasteiger partial charge is 0.486 e. The highest BCUT2D eigenvalue weighted by molar-refractivity contribution is 5.51. The lowest BCUT2D eigenvalue weighted by Crippen LogP contribution is -1.99. The molecule has 0 saturated carbocycles. The minimum atomic E-state index is 0.108. The number of carbonyl (C=O) groups excluding carboxylic acids is 1. The van der Waals surface area contributed by atoms with Crippen LogP contribution in [0.5, 0.6) is 5.75 Å². The third kappa shape index (κ3) is 3.68. The highest BCUT2D eigenvalue weighted by Gasteiger charge is 2.03. The normalized spacial score (nSPS) is 10.2. The highest BCUT2D eigenvalue weighted by Crippen LogP contribution is 2.20. The van der Waals surface area contributed by atoms with E-state index in [4.69, 9.17) is 4.74 Å². The fourth-order valence-electron chi connectivity index (χ4n) is 2.13. The molecule has 2 rings (SSSR count). The van der Waals surface area contributed by atoms with Gasteiger partial charge < -0.3 is 4.74 Å². The summed E-state index contributed by atoms with van der Waals surface area (Å²) in [6, 6.07) is 14.5. The molecule has 98 valence electrons. The zero-order chi connectivity index (χ0) is 13.7. The molecule has 0 radical (unpaired) electrons. The van der Waals surface area contributed by atoms with Crippen LogP contribution in [0.2, 0.25) is 0 Å². The van der Waals surface area contributed by atoms with E-state index in [1.165, 1.54) is 22.3 Å². The summed E-state index contributed by atoms with van der Waals surface area (Å²) >= 11 is 0. The Morgan fingerprint density at radius 3 is 2.63 bits per heavy atom. The average Bonchev–Trinajstić information content (AvgIpc) is 2.39. The molecule has 19 heavy (non-hydrogen) atoms. The number of benzene rings is 2. The SMILES string of the molecule is Cc1cccc(Cc2ccc(OCC=O)cc2C)c1. The maximum atomic E-state index is 10.3. The second kappa shape index (κ2) is 6.19. The van der Waals surface area contributed by atoms with E-state index in [1.54, 1.807) is 0 Å². The number of hydrogen-bond donors (Lipinski definition) is 0. The predicted octanol–water partition coefficient (Wildman–Crippen LogP) is 3.47. The number of aldehydes is 1. The summed E-state index contributed by atoms with van der Waals surface area (Å²) in [5.41, 5.74) is 5.06. The smallest absolute Gasteiger partial charge is 0.157 e. The van der Waals surface area contributed by atoms with Gasteiger partial charge in [0.2, 0.25) is 0 Å². The van der Waals surface area contributed by atoms with Crippen LogP contribution in [0.4, 0.5) is 0 Å². The van der Waals surface area contributed by atoms with Crippen LogP contribution in [0.15, 0.2) is 42.5 Å². The fourth-order valence-corrected chi connectivity index (χ4v) is 2.13. The van der Waals surface area contributed by atoms with Gasteiger partial charge >= 0.3 is 0 Å². The van der Waals surface area contributed by atoms with E-state index in [1.807, 2.05) is 12.1 Å². The quantitative estimate of drug-likeness (QED) is 0.764. The number of hydrogen-bond acceptors (Lipinski definition) is 2. The van der Waals surface area contributed by atoms with Crippen molar-refractivity contribution in [2.75, 3.05) is 6.61 Å². The van der Waals surface area contributed by atoms with E-state index in [2.05, 4.69) is 44.2 Å². The molecule has 0 aliphatic rings. The van der Waals surface area contributed by atoms with E-state index >= 15 is 0 Å². The van der Waals surface area contributed by atoms with Crippen LogP contribution in [0, 0.1) is 13.8 Å². The lowest BCUT2D eigenvalue weighted by Gasteiger charge is -2.09. The van der Waals surface area contributed by atoms with Gasteiger partial charge in [0.15, 0.2) is 6.29 Å². The van der Waals surface area contributed by atoms with E-state index in [0.29, 0.717) is 0 Å². The van der Waals surface area contributed by atoms with Gasteiger partial charge in [-0.05, 0) is 49.1 Å². The Balaban J connectivity index is 2.15. The Kier molecular flexibility index (Phi) is 4.35. The summed E-state index contributed by atoms with van der Waals surface area (Å²) in [7, 11) is 0. The van der Waals surface area contributed by atoms with Crippen LogP contribution < -0.4 is 4.74 Å². The topological polar surface area (TPSA) is 26.3 Å². The van der Waals surface area contributed by atoms with Gasteiger partial charge in [0.1, 0.15) is 12.4 Å². The van der Waals surface area contributed by atoms with Gasteiger partial charge in [-0.15, -0.1) is 0 Å². The molecule has 2 nitrogen and oxygen atoms in total. The van der Waals surface area contributed by atoms with E-state index < -0.39 is 0 Å². The number of carbonyl (C=O) groups is 1. The molecule has 0 bridgehead atoms. The van der Waals surface area contributed by atoms with Gasteiger partial charge in [-0.2, -0.15) is 0 Å². The number of rotatable bonds is 5. The average molecular weight is 254 g/mol. The van der Waals surface area contributed by atoms with Gasteiger partial charge in [0.25, 0.3) is 0 Å². The monoisotopic (exact) mass is 254 g/mol. The van der Waals surface area contributed by atoms with Crippen molar-refractivity contribution in [3.05, 3.63) is 64.7 Å². The Labute approximate surface area is 114 Å². The molecule has 0 unspecified atom stereocenters. The van der Waals surface area contributed by atoms with E-state index in [-0.39, 0.29) is 6.61 Å². The molecule has 2 heteroatoms. The Bertz CT molecular complexity index is 573. The zero-order valence-electron chi connectivity index (χ0n) is 11.3. The first-order chi connectivity index (χ1) is 9.19. The first-order valence-electron chi connectivity index (χ1n) is 6.40. The van der Waals surface area contributed by atoms with Crippen LogP contribution in [0.25, 0.3) is 0 Å². The van der Waals surface area contributed by atoms with Crippen molar-refractivity contribution in [3.63, 3.8) is 0 Å². The maximum Gasteiger partial charge on any atom is 0.157 e. The van der Waals surface area contributed by atoms with Crippen LogP contribution in [0.1, 0.15) is 22.3 Å². The Morgan fingerprint density at radius 1 is 1.11 bits per heavy atom. The molecule has 2 aromatic rings. The maximum absolute atomic E-state index is 10.3. The van der Waals surface area contributed by atoms with Crippen molar-refractivity contribution < 1.29 is 9.53 Å². The molecule has 0 N–H and O–H groups in total. The van der Waals surface area contributed by atoms with E-state index in [9.17, 15) is 4.79 Å². The third-order valence-corrected chi connectivity index (χ3v) is 3.11.